The van der Waals surface area contributed by atoms with Crippen molar-refractivity contribution >= 4 is 11.7 Å². The molecule has 11 heteroatoms. The Kier molecular flexibility index (Phi) is 13.5. The highest BCUT2D eigenvalue weighted by atomic mass is 16.5. The quantitative estimate of drug-likeness (QED) is 0.0384. The van der Waals surface area contributed by atoms with Crippen molar-refractivity contribution in [1.82, 2.24) is 10.6 Å². The van der Waals surface area contributed by atoms with Crippen LogP contribution in [0.1, 0.15) is 105 Å². The third-order valence-electron chi connectivity index (χ3n) is 14.6. The zero-order valence-electron chi connectivity index (χ0n) is 39.6. The zero-order valence-corrected chi connectivity index (χ0v) is 39.6. The Hall–Kier alpha value is -6.09. The van der Waals surface area contributed by atoms with Crippen molar-refractivity contribution in [1.29, 1.82) is 0 Å². The summed E-state index contributed by atoms with van der Waals surface area (Å²) in [4.78, 5) is 12.6. The summed E-state index contributed by atoms with van der Waals surface area (Å²) in [6.07, 6.45) is 9.78. The van der Waals surface area contributed by atoms with Gasteiger partial charge in [-0.2, -0.15) is 0 Å². The van der Waals surface area contributed by atoms with Gasteiger partial charge in [-0.1, -0.05) is 56.2 Å². The monoisotopic (exact) mass is 906 g/mol. The van der Waals surface area contributed by atoms with Gasteiger partial charge in [0.2, 0.25) is 0 Å². The molecular weight excluding hydrogens is 841 g/mol. The fourth-order valence-corrected chi connectivity index (χ4v) is 11.6. The minimum Gasteiger partial charge on any atom is -0.508 e. The predicted molar refractivity (Wildman–Crippen MR) is 263 cm³/mol. The third-order valence-corrected chi connectivity index (χ3v) is 14.6. The topological polar surface area (TPSA) is 157 Å². The van der Waals surface area contributed by atoms with Crippen LogP contribution < -0.4 is 35.9 Å². The van der Waals surface area contributed by atoms with Crippen molar-refractivity contribution in [3.8, 4) is 51.7 Å². The molecule has 4 aromatic carbocycles. The van der Waals surface area contributed by atoms with E-state index in [0.29, 0.717) is 43.4 Å². The van der Waals surface area contributed by atoms with Crippen molar-refractivity contribution < 1.29 is 34.0 Å². The van der Waals surface area contributed by atoms with Crippen LogP contribution in [0.15, 0.2) is 84.1 Å². The number of carbonyl (C=O) groups is 1. The minimum absolute atomic E-state index is 0.0202. The standard InChI is InChI=1S/C56H66N4O7/c1-6-59-46-12-8-7-10-35(46)14-15-40-37-20-22-56(30-37)31-38-26-39(62)28-50(64-5)52(38)43-17-16-42-45(32-66-34(4)61)54(67-55(42)53(43)56)44-29-49(65-25-24-58-23-21-33(2)3)48(63)27-36(44)11-9-13-47-41(40)18-19-51(57)60-47/h7-8,10,12,16-19,26-29,33,37,40,45,51,54,58-60,62-63H,6,11,14-15,20-25,30-32,57H2,1-5H3. The summed E-state index contributed by atoms with van der Waals surface area (Å²) in [7, 11) is 1.65. The molecule has 3 aliphatic heterocycles. The lowest BCUT2D eigenvalue weighted by molar-refractivity contribution is -0.141. The Morgan fingerprint density at radius 2 is 1.90 bits per heavy atom. The SMILES string of the molecule is CCNc1ccccc1CCC1C2=C(C#CCc3cc(O)c(OCCNCCC(C)C)cc3C3Oc4c(ccc5c4C4(CCC1C4)Cc1cc(O)cc(OC)c1-5)C3COC(C)=O)NC(N)C=C2. The van der Waals surface area contributed by atoms with E-state index in [0.717, 1.165) is 113 Å². The molecule has 352 valence electrons. The number of phenolic OH excluding ortho intramolecular Hbond substituents is 2. The van der Waals surface area contributed by atoms with Crippen molar-refractivity contribution in [2.24, 2.45) is 23.5 Å². The molecule has 6 atom stereocenters. The van der Waals surface area contributed by atoms with E-state index < -0.39 is 12.3 Å². The Morgan fingerprint density at radius 3 is 2.70 bits per heavy atom. The summed E-state index contributed by atoms with van der Waals surface area (Å²) in [5.74, 6) is 9.25. The van der Waals surface area contributed by atoms with Gasteiger partial charge in [-0.3, -0.25) is 4.79 Å². The summed E-state index contributed by atoms with van der Waals surface area (Å²) in [6, 6.07) is 20.2. The van der Waals surface area contributed by atoms with Gasteiger partial charge in [0, 0.05) is 65.9 Å². The van der Waals surface area contributed by atoms with Gasteiger partial charge < -0.3 is 50.8 Å². The van der Waals surface area contributed by atoms with Crippen molar-refractivity contribution in [3.63, 3.8) is 0 Å². The number of methoxy groups -OCH3 is 1. The highest BCUT2D eigenvalue weighted by Gasteiger charge is 2.52. The molecule has 67 heavy (non-hydrogen) atoms. The summed E-state index contributed by atoms with van der Waals surface area (Å²) in [5, 5.41) is 33.3. The van der Waals surface area contributed by atoms with Crippen molar-refractivity contribution in [2.75, 3.05) is 45.3 Å². The van der Waals surface area contributed by atoms with Crippen LogP contribution >= 0.6 is 0 Å². The van der Waals surface area contributed by atoms with Gasteiger partial charge in [0.05, 0.1) is 24.9 Å². The Bertz CT molecular complexity index is 2640. The average Bonchev–Trinajstić information content (AvgIpc) is 3.89. The predicted octanol–water partition coefficient (Wildman–Crippen LogP) is 9.10. The van der Waals surface area contributed by atoms with Gasteiger partial charge in [0.15, 0.2) is 11.5 Å². The van der Waals surface area contributed by atoms with E-state index in [-0.39, 0.29) is 47.2 Å². The van der Waals surface area contributed by atoms with E-state index in [1.807, 2.05) is 18.2 Å². The molecular formula is C56H66N4O7. The van der Waals surface area contributed by atoms with Gasteiger partial charge in [0.1, 0.15) is 36.6 Å². The first-order valence-corrected chi connectivity index (χ1v) is 24.3. The van der Waals surface area contributed by atoms with Crippen LogP contribution in [0, 0.1) is 29.6 Å². The van der Waals surface area contributed by atoms with E-state index in [2.05, 4.69) is 91.0 Å². The third kappa shape index (κ3) is 9.31. The van der Waals surface area contributed by atoms with E-state index in [9.17, 15) is 15.0 Å². The maximum atomic E-state index is 12.6. The number of hydrogen-bond donors (Lipinski definition) is 6. The molecule has 2 aliphatic carbocycles. The Morgan fingerprint density at radius 1 is 1.04 bits per heavy atom. The smallest absolute Gasteiger partial charge is 0.302 e. The second-order valence-corrected chi connectivity index (χ2v) is 19.5. The number of aryl methyl sites for hydroxylation is 1. The second kappa shape index (κ2) is 19.6. The summed E-state index contributed by atoms with van der Waals surface area (Å²) < 4.78 is 25.7. The van der Waals surface area contributed by atoms with Gasteiger partial charge in [-0.25, -0.2) is 0 Å². The van der Waals surface area contributed by atoms with Crippen LogP contribution in [0.2, 0.25) is 0 Å². The number of dihydropyridines is 1. The fraction of sp³-hybridized carbons (Fsp3) is 0.446. The highest BCUT2D eigenvalue weighted by molar-refractivity contribution is 5.84. The first-order chi connectivity index (χ1) is 32.5. The number of fused-ring (bicyclic) bond motifs is 6. The zero-order chi connectivity index (χ0) is 46.8. The first kappa shape index (κ1) is 46.0. The Balaban J connectivity index is 1.23. The van der Waals surface area contributed by atoms with Crippen LogP contribution in [0.4, 0.5) is 5.69 Å². The molecule has 0 saturated heterocycles. The van der Waals surface area contributed by atoms with Crippen LogP contribution in [0.3, 0.4) is 0 Å². The lowest BCUT2D eigenvalue weighted by Crippen LogP contribution is -2.38. The van der Waals surface area contributed by atoms with Crippen LogP contribution in [0.5, 0.6) is 28.7 Å². The van der Waals surface area contributed by atoms with Crippen molar-refractivity contribution in [2.45, 2.75) is 103 Å². The number of anilines is 1. The molecule has 4 bridgehead atoms. The molecule has 6 unspecified atom stereocenters. The second-order valence-electron chi connectivity index (χ2n) is 19.5. The Labute approximate surface area is 395 Å². The summed E-state index contributed by atoms with van der Waals surface area (Å²) in [6.45, 7) is 10.8. The van der Waals surface area contributed by atoms with Gasteiger partial charge in [-0.15, -0.1) is 0 Å². The number of hydrogen-bond acceptors (Lipinski definition) is 11. The van der Waals surface area contributed by atoms with E-state index in [1.165, 1.54) is 12.5 Å². The van der Waals surface area contributed by atoms with Gasteiger partial charge >= 0.3 is 5.97 Å². The summed E-state index contributed by atoms with van der Waals surface area (Å²) >= 11 is 0. The molecule has 7 N–H and O–H groups in total. The maximum absolute atomic E-state index is 12.6. The normalized spacial score (nSPS) is 23.1. The van der Waals surface area contributed by atoms with E-state index in [4.69, 9.17) is 24.7 Å². The summed E-state index contributed by atoms with van der Waals surface area (Å²) in [5.41, 5.74) is 17.4. The number of esters is 1. The number of rotatable bonds is 15. The molecule has 0 radical (unpaired) electrons. The van der Waals surface area contributed by atoms with E-state index >= 15 is 0 Å². The van der Waals surface area contributed by atoms with Gasteiger partial charge in [0.25, 0.3) is 0 Å². The van der Waals surface area contributed by atoms with Crippen LogP contribution in [0.25, 0.3) is 11.1 Å². The molecule has 0 amide bonds. The molecule has 3 heterocycles. The molecule has 9 rings (SSSR count). The number of nitrogens with two attached hydrogens (primary N) is 1. The number of carbonyl (C=O) groups excluding carboxylic acids is 1. The molecule has 4 aromatic rings. The van der Waals surface area contributed by atoms with Crippen LogP contribution in [-0.4, -0.2) is 62.3 Å². The maximum Gasteiger partial charge on any atom is 0.302 e. The largest absolute Gasteiger partial charge is 0.508 e. The number of benzene rings is 4. The number of para-hydroxylation sites is 1. The minimum atomic E-state index is -0.601. The molecule has 0 aromatic heterocycles. The molecule has 5 aliphatic rings. The lowest BCUT2D eigenvalue weighted by atomic mass is 9.64. The molecule has 1 spiro atoms. The number of nitrogens with one attached hydrogen (secondary N) is 3. The van der Waals surface area contributed by atoms with Gasteiger partial charge in [-0.05, 0) is 140 Å². The number of aromatic hydroxyl groups is 2. The number of phenols is 2. The lowest BCUT2D eigenvalue weighted by Gasteiger charge is -2.40. The molecule has 1 saturated carbocycles. The van der Waals surface area contributed by atoms with Crippen molar-refractivity contribution in [3.05, 3.63) is 117 Å². The number of allylic oxidation sites excluding steroid dienone is 3. The average molecular weight is 907 g/mol. The van der Waals surface area contributed by atoms with E-state index in [1.54, 1.807) is 19.2 Å². The first-order valence-electron chi connectivity index (χ1n) is 24.3. The van der Waals surface area contributed by atoms with Crippen LogP contribution in [-0.2, 0) is 34.2 Å². The number of ether oxygens (including phenoxy) is 4. The highest BCUT2D eigenvalue weighted by Crippen LogP contribution is 2.63. The molecule has 1 fully saturated rings. The fourth-order valence-electron chi connectivity index (χ4n) is 11.6. The molecule has 11 nitrogen and oxygen atoms in total.